The van der Waals surface area contributed by atoms with Crippen LogP contribution in [0.1, 0.15) is 13.3 Å². The fraction of sp³-hybridized carbons (Fsp3) is 0.833. The number of hydrogen-bond acceptors (Lipinski definition) is 5. The topological polar surface area (TPSA) is 104 Å². The normalized spacial score (nSPS) is 33.0. The van der Waals surface area contributed by atoms with Crippen LogP contribution in [0.2, 0.25) is 0 Å². The van der Waals surface area contributed by atoms with Crippen LogP contribution in [0, 0.1) is 11.8 Å². The molecule has 0 radical (unpaired) electrons. The Morgan fingerprint density at radius 2 is 2.05 bits per heavy atom. The Hall–Kier alpha value is -1.15. The minimum Gasteiger partial charge on any atom is -0.481 e. The van der Waals surface area contributed by atoms with Gasteiger partial charge in [-0.15, -0.1) is 0 Å². The molecular formula is C12H20N2O5S. The Morgan fingerprint density at radius 3 is 2.60 bits per heavy atom. The first-order valence-corrected chi connectivity index (χ1v) is 8.55. The molecule has 2 aliphatic rings. The molecule has 2 heterocycles. The van der Waals surface area contributed by atoms with Crippen LogP contribution in [0.3, 0.4) is 0 Å². The van der Waals surface area contributed by atoms with Crippen LogP contribution in [0.25, 0.3) is 0 Å². The Balaban J connectivity index is 2.15. The van der Waals surface area contributed by atoms with Gasteiger partial charge in [-0.05, 0) is 12.5 Å². The number of carboxylic acids is 1. The molecule has 0 spiro atoms. The zero-order chi connectivity index (χ0) is 14.9. The highest BCUT2D eigenvalue weighted by Gasteiger charge is 2.40. The van der Waals surface area contributed by atoms with E-state index in [0.717, 1.165) is 6.54 Å². The second-order valence-electron chi connectivity index (χ2n) is 5.64. The van der Waals surface area contributed by atoms with Crippen molar-refractivity contribution >= 4 is 21.7 Å². The molecule has 2 fully saturated rings. The third kappa shape index (κ3) is 3.29. The summed E-state index contributed by atoms with van der Waals surface area (Å²) >= 11 is 0. The van der Waals surface area contributed by atoms with Crippen molar-refractivity contribution in [1.82, 2.24) is 10.2 Å². The highest BCUT2D eigenvalue weighted by atomic mass is 32.2. The number of amides is 1. The Morgan fingerprint density at radius 1 is 1.35 bits per heavy atom. The summed E-state index contributed by atoms with van der Waals surface area (Å²) in [7, 11) is -3.25. The van der Waals surface area contributed by atoms with Gasteiger partial charge in [-0.1, -0.05) is 6.92 Å². The first kappa shape index (κ1) is 15.2. The van der Waals surface area contributed by atoms with Crippen LogP contribution in [-0.4, -0.2) is 67.5 Å². The van der Waals surface area contributed by atoms with E-state index < -0.39 is 21.8 Å². The summed E-state index contributed by atoms with van der Waals surface area (Å²) in [6.07, 6.45) is -0.320. The van der Waals surface area contributed by atoms with Crippen LogP contribution >= 0.6 is 0 Å². The fourth-order valence-corrected chi connectivity index (χ4v) is 4.43. The van der Waals surface area contributed by atoms with E-state index in [9.17, 15) is 18.0 Å². The lowest BCUT2D eigenvalue weighted by atomic mass is 9.95. The zero-order valence-electron chi connectivity index (χ0n) is 11.4. The number of carbonyl (C=O) groups is 2. The number of aliphatic carboxylic acids is 1. The molecule has 0 aromatic heterocycles. The van der Waals surface area contributed by atoms with E-state index in [1.165, 1.54) is 4.90 Å². The number of carbonyl (C=O) groups excluding carboxylic acids is 1. The van der Waals surface area contributed by atoms with Crippen LogP contribution in [0.4, 0.5) is 0 Å². The molecule has 20 heavy (non-hydrogen) atoms. The van der Waals surface area contributed by atoms with Gasteiger partial charge in [0.15, 0.2) is 9.84 Å². The van der Waals surface area contributed by atoms with Gasteiger partial charge >= 0.3 is 5.97 Å². The van der Waals surface area contributed by atoms with Crippen molar-refractivity contribution in [3.8, 4) is 0 Å². The molecule has 3 unspecified atom stereocenters. The van der Waals surface area contributed by atoms with Crippen molar-refractivity contribution in [1.29, 1.82) is 0 Å². The van der Waals surface area contributed by atoms with Gasteiger partial charge < -0.3 is 15.3 Å². The van der Waals surface area contributed by atoms with Gasteiger partial charge in [0.05, 0.1) is 29.9 Å². The largest absolute Gasteiger partial charge is 0.481 e. The molecule has 0 bridgehead atoms. The summed E-state index contributed by atoms with van der Waals surface area (Å²) in [6.45, 7) is 3.40. The third-order valence-electron chi connectivity index (χ3n) is 4.06. The van der Waals surface area contributed by atoms with Gasteiger partial charge in [-0.2, -0.15) is 0 Å². The maximum Gasteiger partial charge on any atom is 0.305 e. The van der Waals surface area contributed by atoms with E-state index in [1.807, 2.05) is 6.92 Å². The maximum atomic E-state index is 12.5. The quantitative estimate of drug-likeness (QED) is 0.689. The smallest absolute Gasteiger partial charge is 0.305 e. The molecule has 0 aromatic carbocycles. The highest BCUT2D eigenvalue weighted by molar-refractivity contribution is 7.91. The summed E-state index contributed by atoms with van der Waals surface area (Å²) in [5.41, 5.74) is 0. The van der Waals surface area contributed by atoms with E-state index in [4.69, 9.17) is 5.11 Å². The molecule has 1 amide bonds. The van der Waals surface area contributed by atoms with Crippen LogP contribution in [0.5, 0.6) is 0 Å². The van der Waals surface area contributed by atoms with Crippen molar-refractivity contribution in [2.24, 2.45) is 11.8 Å². The molecule has 3 atom stereocenters. The van der Waals surface area contributed by atoms with E-state index in [0.29, 0.717) is 6.54 Å². The van der Waals surface area contributed by atoms with Gasteiger partial charge in [0.2, 0.25) is 5.91 Å². The minimum atomic E-state index is -3.25. The van der Waals surface area contributed by atoms with Crippen molar-refractivity contribution in [3.05, 3.63) is 0 Å². The maximum absolute atomic E-state index is 12.5. The molecule has 2 saturated heterocycles. The van der Waals surface area contributed by atoms with Crippen LogP contribution in [-0.2, 0) is 19.4 Å². The predicted molar refractivity (Wildman–Crippen MR) is 71.9 cm³/mol. The SMILES string of the molecule is CC1CNCC1C(=O)N1CCS(=O)(=O)CC1CC(=O)O. The second-order valence-corrected chi connectivity index (χ2v) is 7.87. The number of nitrogens with one attached hydrogen (secondary N) is 1. The van der Waals surface area contributed by atoms with Crippen LogP contribution < -0.4 is 5.32 Å². The predicted octanol–water partition coefficient (Wildman–Crippen LogP) is -1.06. The van der Waals surface area contributed by atoms with E-state index in [2.05, 4.69) is 5.32 Å². The van der Waals surface area contributed by atoms with Gasteiger partial charge in [0, 0.05) is 13.1 Å². The lowest BCUT2D eigenvalue weighted by Crippen LogP contribution is -2.54. The number of carboxylic acid groups (broad SMARTS) is 1. The summed E-state index contributed by atoms with van der Waals surface area (Å²) < 4.78 is 23.3. The summed E-state index contributed by atoms with van der Waals surface area (Å²) in [5.74, 6) is -1.53. The van der Waals surface area contributed by atoms with Crippen molar-refractivity contribution in [2.75, 3.05) is 31.1 Å². The molecule has 2 N–H and O–H groups in total. The lowest BCUT2D eigenvalue weighted by Gasteiger charge is -2.36. The lowest BCUT2D eigenvalue weighted by molar-refractivity contribution is -0.142. The van der Waals surface area contributed by atoms with Crippen molar-refractivity contribution in [2.45, 2.75) is 19.4 Å². The zero-order valence-corrected chi connectivity index (χ0v) is 12.2. The molecule has 2 rings (SSSR count). The Kier molecular flexibility index (Phi) is 4.33. The molecule has 0 aliphatic carbocycles. The average molecular weight is 304 g/mol. The molecule has 114 valence electrons. The molecule has 7 nitrogen and oxygen atoms in total. The summed E-state index contributed by atoms with van der Waals surface area (Å²) in [5, 5.41) is 12.0. The third-order valence-corrected chi connectivity index (χ3v) is 5.76. The molecule has 0 aromatic rings. The number of nitrogens with zero attached hydrogens (tertiary/aromatic N) is 1. The number of rotatable bonds is 3. The van der Waals surface area contributed by atoms with Crippen molar-refractivity contribution < 1.29 is 23.1 Å². The number of sulfone groups is 1. The first-order chi connectivity index (χ1) is 9.30. The molecule has 2 aliphatic heterocycles. The van der Waals surface area contributed by atoms with E-state index >= 15 is 0 Å². The van der Waals surface area contributed by atoms with E-state index in [-0.39, 0.29) is 42.2 Å². The molecular weight excluding hydrogens is 284 g/mol. The summed E-state index contributed by atoms with van der Waals surface area (Å²) in [4.78, 5) is 24.9. The molecule has 8 heteroatoms. The Bertz CT molecular complexity index is 504. The van der Waals surface area contributed by atoms with Gasteiger partial charge in [-0.25, -0.2) is 8.42 Å². The van der Waals surface area contributed by atoms with Gasteiger partial charge in [0.1, 0.15) is 0 Å². The van der Waals surface area contributed by atoms with Gasteiger partial charge in [-0.3, -0.25) is 9.59 Å². The monoisotopic (exact) mass is 304 g/mol. The fourth-order valence-electron chi connectivity index (χ4n) is 2.90. The van der Waals surface area contributed by atoms with E-state index in [1.54, 1.807) is 0 Å². The molecule has 0 saturated carbocycles. The Labute approximate surface area is 118 Å². The average Bonchev–Trinajstić information content (AvgIpc) is 2.73. The van der Waals surface area contributed by atoms with Gasteiger partial charge in [0.25, 0.3) is 0 Å². The minimum absolute atomic E-state index is 0.0800. The first-order valence-electron chi connectivity index (χ1n) is 6.73. The second kappa shape index (κ2) is 5.69. The highest BCUT2D eigenvalue weighted by Crippen LogP contribution is 2.23. The van der Waals surface area contributed by atoms with Crippen LogP contribution in [0.15, 0.2) is 0 Å². The number of hydrogen-bond donors (Lipinski definition) is 2. The standard InChI is InChI=1S/C12H20N2O5S/c1-8-5-13-6-10(8)12(17)14-2-3-20(18,19)7-9(14)4-11(15)16/h8-10,13H,2-7H2,1H3,(H,15,16). The summed E-state index contributed by atoms with van der Waals surface area (Å²) in [6, 6.07) is -0.744. The van der Waals surface area contributed by atoms with Crippen molar-refractivity contribution in [3.63, 3.8) is 0 Å².